The highest BCUT2D eigenvalue weighted by Crippen LogP contribution is 2.31. The Morgan fingerprint density at radius 3 is 2.79 bits per heavy atom. The molecule has 1 aromatic rings. The van der Waals surface area contributed by atoms with E-state index in [2.05, 4.69) is 0 Å². The van der Waals surface area contributed by atoms with Crippen molar-refractivity contribution in [2.24, 2.45) is 5.92 Å². The number of aliphatic carboxylic acids is 1. The van der Waals surface area contributed by atoms with Gasteiger partial charge in [-0.25, -0.2) is 0 Å². The van der Waals surface area contributed by atoms with E-state index in [0.717, 1.165) is 11.3 Å². The normalized spacial score (nSPS) is 20.3. The van der Waals surface area contributed by atoms with E-state index in [-0.39, 0.29) is 5.91 Å². The van der Waals surface area contributed by atoms with Crippen molar-refractivity contribution in [2.45, 2.75) is 32.1 Å². The lowest BCUT2D eigenvalue weighted by molar-refractivity contribution is -0.147. The summed E-state index contributed by atoms with van der Waals surface area (Å²) in [7, 11) is 0. The molecule has 1 aliphatic rings. The van der Waals surface area contributed by atoms with Crippen molar-refractivity contribution in [1.29, 1.82) is 0 Å². The first-order valence-corrected chi connectivity index (χ1v) is 7.37. The molecule has 1 aromatic heterocycles. The molecule has 104 valence electrons. The lowest BCUT2D eigenvalue weighted by atomic mass is 9.87. The van der Waals surface area contributed by atoms with Crippen molar-refractivity contribution in [3.8, 4) is 0 Å². The zero-order valence-electron chi connectivity index (χ0n) is 11.3. The number of carbonyl (C=O) groups is 2. The Balaban J connectivity index is 2.13. The molecular formula is C14H19NO3S. The van der Waals surface area contributed by atoms with E-state index in [1.807, 2.05) is 31.4 Å². The molecule has 0 saturated carbocycles. The molecule has 1 atom stereocenters. The molecule has 1 aliphatic heterocycles. The van der Waals surface area contributed by atoms with Crippen LogP contribution in [-0.4, -0.2) is 35.0 Å². The maximum absolute atomic E-state index is 12.6. The molecule has 0 aliphatic carbocycles. The summed E-state index contributed by atoms with van der Waals surface area (Å²) in [4.78, 5) is 26.4. The van der Waals surface area contributed by atoms with E-state index in [9.17, 15) is 9.59 Å². The predicted octanol–water partition coefficient (Wildman–Crippen LogP) is 2.35. The number of likely N-dealkylation sites (tertiary alicyclic amines) is 1. The Morgan fingerprint density at radius 1 is 1.47 bits per heavy atom. The lowest BCUT2D eigenvalue weighted by Crippen LogP contribution is -2.48. The minimum atomic E-state index is -0.800. The quantitative estimate of drug-likeness (QED) is 0.925. The van der Waals surface area contributed by atoms with Gasteiger partial charge >= 0.3 is 5.97 Å². The van der Waals surface area contributed by atoms with Crippen LogP contribution in [0.5, 0.6) is 0 Å². The molecule has 0 bridgehead atoms. The van der Waals surface area contributed by atoms with Crippen molar-refractivity contribution in [1.82, 2.24) is 4.90 Å². The van der Waals surface area contributed by atoms with Crippen LogP contribution in [0.4, 0.5) is 0 Å². The van der Waals surface area contributed by atoms with Gasteiger partial charge in [-0.1, -0.05) is 6.07 Å². The van der Waals surface area contributed by atoms with Gasteiger partial charge in [0, 0.05) is 18.0 Å². The summed E-state index contributed by atoms with van der Waals surface area (Å²) in [6.07, 6.45) is 1.43. The smallest absolute Gasteiger partial charge is 0.308 e. The van der Waals surface area contributed by atoms with Crippen LogP contribution in [-0.2, 0) is 15.0 Å². The fraction of sp³-hybridized carbons (Fsp3) is 0.571. The molecule has 2 heterocycles. The Labute approximate surface area is 117 Å². The number of hydrogen-bond acceptors (Lipinski definition) is 3. The summed E-state index contributed by atoms with van der Waals surface area (Å²) in [6.45, 7) is 4.82. The van der Waals surface area contributed by atoms with Crippen LogP contribution in [0.2, 0.25) is 0 Å². The van der Waals surface area contributed by atoms with Crippen LogP contribution >= 0.6 is 11.3 Å². The Bertz CT molecular complexity index is 467. The Hall–Kier alpha value is -1.36. The molecule has 5 heteroatoms. The van der Waals surface area contributed by atoms with Crippen molar-refractivity contribution < 1.29 is 14.7 Å². The minimum Gasteiger partial charge on any atom is -0.481 e. The lowest BCUT2D eigenvalue weighted by Gasteiger charge is -2.36. The number of nitrogens with zero attached hydrogens (tertiary/aromatic N) is 1. The average Bonchev–Trinajstić information content (AvgIpc) is 2.92. The number of amides is 1. The average molecular weight is 281 g/mol. The van der Waals surface area contributed by atoms with Crippen LogP contribution in [0.15, 0.2) is 17.5 Å². The maximum Gasteiger partial charge on any atom is 0.308 e. The van der Waals surface area contributed by atoms with E-state index in [1.165, 1.54) is 0 Å². The zero-order valence-corrected chi connectivity index (χ0v) is 12.1. The summed E-state index contributed by atoms with van der Waals surface area (Å²) < 4.78 is 0. The summed E-state index contributed by atoms with van der Waals surface area (Å²) >= 11 is 1.57. The number of piperidine rings is 1. The number of thiophene rings is 1. The second-order valence-corrected chi connectivity index (χ2v) is 6.48. The molecule has 0 radical (unpaired) electrons. The summed E-state index contributed by atoms with van der Waals surface area (Å²) in [5.74, 6) is -1.19. The molecular weight excluding hydrogens is 262 g/mol. The van der Waals surface area contributed by atoms with Gasteiger partial charge in [0.15, 0.2) is 0 Å². The fourth-order valence-corrected chi connectivity index (χ4v) is 3.34. The second kappa shape index (κ2) is 5.33. The van der Waals surface area contributed by atoms with Gasteiger partial charge in [-0.3, -0.25) is 9.59 Å². The van der Waals surface area contributed by atoms with Gasteiger partial charge in [0.25, 0.3) is 0 Å². The highest BCUT2D eigenvalue weighted by molar-refractivity contribution is 7.10. The highest BCUT2D eigenvalue weighted by atomic mass is 32.1. The number of carbonyl (C=O) groups excluding carboxylic acids is 1. The Morgan fingerprint density at radius 2 is 2.21 bits per heavy atom. The molecule has 2 rings (SSSR count). The van der Waals surface area contributed by atoms with Gasteiger partial charge in [-0.2, -0.15) is 0 Å². The first-order chi connectivity index (χ1) is 8.93. The van der Waals surface area contributed by atoms with Gasteiger partial charge in [0.05, 0.1) is 11.3 Å². The monoisotopic (exact) mass is 281 g/mol. The third kappa shape index (κ3) is 2.81. The topological polar surface area (TPSA) is 57.6 Å². The number of carboxylic acid groups (broad SMARTS) is 1. The summed E-state index contributed by atoms with van der Waals surface area (Å²) in [5.41, 5.74) is -0.575. The van der Waals surface area contributed by atoms with Crippen LogP contribution in [0.3, 0.4) is 0 Å². The van der Waals surface area contributed by atoms with Gasteiger partial charge in [-0.15, -0.1) is 11.3 Å². The number of carboxylic acids is 1. The minimum absolute atomic E-state index is 0.0286. The predicted molar refractivity (Wildman–Crippen MR) is 74.3 cm³/mol. The number of rotatable bonds is 3. The van der Waals surface area contributed by atoms with E-state index >= 15 is 0 Å². The van der Waals surface area contributed by atoms with E-state index in [0.29, 0.717) is 19.5 Å². The van der Waals surface area contributed by atoms with E-state index in [1.54, 1.807) is 16.2 Å². The standard InChI is InChI=1S/C14H19NO3S/c1-14(2,11-6-4-8-19-11)13(18)15-7-3-5-10(9-15)12(16)17/h4,6,8,10H,3,5,7,9H2,1-2H3,(H,16,17)/t10-/m0/s1. The maximum atomic E-state index is 12.6. The van der Waals surface area contributed by atoms with Crippen molar-refractivity contribution in [3.05, 3.63) is 22.4 Å². The Kier molecular flexibility index (Phi) is 3.94. The second-order valence-electron chi connectivity index (χ2n) is 5.53. The molecule has 4 nitrogen and oxygen atoms in total. The van der Waals surface area contributed by atoms with Gasteiger partial charge in [0.2, 0.25) is 5.91 Å². The van der Waals surface area contributed by atoms with Crippen LogP contribution in [0.1, 0.15) is 31.6 Å². The summed E-state index contributed by atoms with van der Waals surface area (Å²) in [6, 6.07) is 3.90. The van der Waals surface area contributed by atoms with Crippen molar-refractivity contribution >= 4 is 23.2 Å². The van der Waals surface area contributed by atoms with Crippen LogP contribution < -0.4 is 0 Å². The molecule has 0 spiro atoms. The first kappa shape index (κ1) is 14.1. The van der Waals surface area contributed by atoms with E-state index in [4.69, 9.17) is 5.11 Å². The van der Waals surface area contributed by atoms with Crippen LogP contribution in [0, 0.1) is 5.92 Å². The third-order valence-corrected chi connectivity index (χ3v) is 4.92. The van der Waals surface area contributed by atoms with Crippen molar-refractivity contribution in [3.63, 3.8) is 0 Å². The SMILES string of the molecule is CC(C)(C(=O)N1CCC[C@H](C(=O)O)C1)c1cccs1. The third-order valence-electron chi connectivity index (χ3n) is 3.73. The van der Waals surface area contributed by atoms with E-state index < -0.39 is 17.3 Å². The van der Waals surface area contributed by atoms with Gasteiger partial charge in [-0.05, 0) is 38.1 Å². The van der Waals surface area contributed by atoms with Crippen molar-refractivity contribution in [2.75, 3.05) is 13.1 Å². The highest BCUT2D eigenvalue weighted by Gasteiger charge is 2.37. The largest absolute Gasteiger partial charge is 0.481 e. The number of hydrogen-bond donors (Lipinski definition) is 1. The zero-order chi connectivity index (χ0) is 14.0. The molecule has 1 N–H and O–H groups in total. The van der Waals surface area contributed by atoms with Gasteiger partial charge in [0.1, 0.15) is 0 Å². The molecule has 0 aromatic carbocycles. The first-order valence-electron chi connectivity index (χ1n) is 6.49. The molecule has 0 unspecified atom stereocenters. The van der Waals surface area contributed by atoms with Crippen LogP contribution in [0.25, 0.3) is 0 Å². The fourth-order valence-electron chi connectivity index (χ4n) is 2.50. The molecule has 1 saturated heterocycles. The molecule has 1 fully saturated rings. The van der Waals surface area contributed by atoms with Gasteiger partial charge < -0.3 is 10.0 Å². The molecule has 1 amide bonds. The summed E-state index contributed by atoms with van der Waals surface area (Å²) in [5, 5.41) is 11.0. The molecule has 19 heavy (non-hydrogen) atoms.